The fourth-order valence-electron chi connectivity index (χ4n) is 2.99. The Morgan fingerprint density at radius 2 is 2.00 bits per heavy atom. The molecule has 1 saturated carbocycles. The first-order valence-corrected chi connectivity index (χ1v) is 7.72. The molecule has 2 atom stereocenters. The van der Waals surface area contributed by atoms with Crippen molar-refractivity contribution < 1.29 is 14.3 Å². The van der Waals surface area contributed by atoms with E-state index in [1.54, 1.807) is 0 Å². The van der Waals surface area contributed by atoms with Crippen molar-refractivity contribution in [3.05, 3.63) is 0 Å². The van der Waals surface area contributed by atoms with Gasteiger partial charge in [-0.2, -0.15) is 0 Å². The van der Waals surface area contributed by atoms with Crippen molar-refractivity contribution in [1.82, 2.24) is 10.2 Å². The number of ether oxygens (including phenoxy) is 2. The summed E-state index contributed by atoms with van der Waals surface area (Å²) in [7, 11) is 0. The van der Waals surface area contributed by atoms with Crippen LogP contribution in [0.1, 0.15) is 40.0 Å². The molecule has 2 aliphatic rings. The van der Waals surface area contributed by atoms with E-state index in [2.05, 4.69) is 10.2 Å². The fourth-order valence-corrected chi connectivity index (χ4v) is 2.99. The van der Waals surface area contributed by atoms with Crippen molar-refractivity contribution in [3.63, 3.8) is 0 Å². The molecule has 0 bridgehead atoms. The fraction of sp³-hybridized carbons (Fsp3) is 0.933. The number of carbonyl (C=O) groups is 1. The second kappa shape index (κ2) is 6.76. The highest BCUT2D eigenvalue weighted by molar-refractivity contribution is 5.68. The van der Waals surface area contributed by atoms with Crippen molar-refractivity contribution in [3.8, 4) is 0 Å². The Kier molecular flexibility index (Phi) is 5.27. The van der Waals surface area contributed by atoms with Gasteiger partial charge in [-0.25, -0.2) is 4.79 Å². The second-order valence-corrected chi connectivity index (χ2v) is 6.94. The molecular formula is C15H28N2O3. The topological polar surface area (TPSA) is 50.8 Å². The molecule has 0 aromatic rings. The second-order valence-electron chi connectivity index (χ2n) is 6.94. The zero-order chi connectivity index (χ0) is 14.6. The lowest BCUT2D eigenvalue weighted by molar-refractivity contribution is 0.0308. The summed E-state index contributed by atoms with van der Waals surface area (Å²) in [6.07, 6.45) is 3.04. The van der Waals surface area contributed by atoms with Crippen molar-refractivity contribution >= 4 is 6.09 Å². The van der Waals surface area contributed by atoms with Crippen LogP contribution in [0, 0.1) is 5.92 Å². The van der Waals surface area contributed by atoms with E-state index in [1.165, 1.54) is 6.42 Å². The minimum Gasteiger partial charge on any atom is -0.444 e. The molecule has 20 heavy (non-hydrogen) atoms. The molecule has 1 amide bonds. The lowest BCUT2D eigenvalue weighted by atomic mass is 10.1. The number of carbonyl (C=O) groups excluding carboxylic acids is 1. The van der Waals surface area contributed by atoms with E-state index in [9.17, 15) is 4.79 Å². The van der Waals surface area contributed by atoms with E-state index in [0.717, 1.165) is 45.7 Å². The van der Waals surface area contributed by atoms with Gasteiger partial charge in [0.25, 0.3) is 0 Å². The first-order valence-electron chi connectivity index (χ1n) is 7.72. The number of morpholine rings is 1. The number of hydrogen-bond donors (Lipinski definition) is 1. The van der Waals surface area contributed by atoms with Crippen LogP contribution >= 0.6 is 0 Å². The van der Waals surface area contributed by atoms with Crippen LogP contribution in [0.25, 0.3) is 0 Å². The lowest BCUT2D eigenvalue weighted by Gasteiger charge is -2.29. The van der Waals surface area contributed by atoms with E-state index in [0.29, 0.717) is 5.92 Å². The number of nitrogens with zero attached hydrogens (tertiary/aromatic N) is 1. The van der Waals surface area contributed by atoms with Gasteiger partial charge >= 0.3 is 6.09 Å². The number of rotatable bonds is 3. The van der Waals surface area contributed by atoms with Gasteiger partial charge in [-0.3, -0.25) is 4.90 Å². The maximum Gasteiger partial charge on any atom is 0.407 e. The Labute approximate surface area is 122 Å². The standard InChI is InChI=1S/C15H28N2O3/c1-15(2,3)20-14(18)16-13-5-4-12(10-13)11-17-6-8-19-9-7-17/h12-13H,4-11H2,1-3H3,(H,16,18)/t12-,13+/m0/s1. The van der Waals surface area contributed by atoms with Crippen LogP contribution in [0.5, 0.6) is 0 Å². The molecule has 5 nitrogen and oxygen atoms in total. The zero-order valence-corrected chi connectivity index (χ0v) is 13.0. The third-order valence-corrected chi connectivity index (χ3v) is 3.88. The average Bonchev–Trinajstić information content (AvgIpc) is 2.75. The number of nitrogens with one attached hydrogen (secondary N) is 1. The highest BCUT2D eigenvalue weighted by atomic mass is 16.6. The van der Waals surface area contributed by atoms with Gasteiger partial charge < -0.3 is 14.8 Å². The van der Waals surface area contributed by atoms with E-state index in [4.69, 9.17) is 9.47 Å². The summed E-state index contributed by atoms with van der Waals surface area (Å²) in [4.78, 5) is 14.2. The maximum absolute atomic E-state index is 11.8. The monoisotopic (exact) mass is 284 g/mol. The number of hydrogen-bond acceptors (Lipinski definition) is 4. The molecule has 5 heteroatoms. The number of amides is 1. The lowest BCUT2D eigenvalue weighted by Crippen LogP contribution is -2.40. The molecule has 0 aromatic heterocycles. The van der Waals surface area contributed by atoms with Crippen LogP contribution in [0.4, 0.5) is 4.79 Å². The van der Waals surface area contributed by atoms with Gasteiger partial charge in [0.1, 0.15) is 5.60 Å². The predicted molar refractivity (Wildman–Crippen MR) is 77.8 cm³/mol. The Morgan fingerprint density at radius 1 is 1.30 bits per heavy atom. The molecule has 2 fully saturated rings. The molecule has 2 rings (SSSR count). The first-order chi connectivity index (χ1) is 9.42. The predicted octanol–water partition coefficient (Wildman–Crippen LogP) is 2.01. The average molecular weight is 284 g/mol. The van der Waals surface area contributed by atoms with Gasteiger partial charge in [-0.15, -0.1) is 0 Å². The summed E-state index contributed by atoms with van der Waals surface area (Å²) in [6.45, 7) is 10.6. The quantitative estimate of drug-likeness (QED) is 0.861. The van der Waals surface area contributed by atoms with Crippen LogP contribution in [-0.2, 0) is 9.47 Å². The number of alkyl carbamates (subject to hydrolysis) is 1. The summed E-state index contributed by atoms with van der Waals surface area (Å²) in [5, 5.41) is 3.00. The van der Waals surface area contributed by atoms with Gasteiger partial charge in [-0.1, -0.05) is 0 Å². The molecule has 0 spiro atoms. The molecule has 0 unspecified atom stereocenters. The summed E-state index contributed by atoms with van der Waals surface area (Å²) >= 11 is 0. The van der Waals surface area contributed by atoms with Crippen LogP contribution in [0.3, 0.4) is 0 Å². The summed E-state index contributed by atoms with van der Waals surface area (Å²) in [5.74, 6) is 0.688. The van der Waals surface area contributed by atoms with Crippen molar-refractivity contribution in [2.45, 2.75) is 51.7 Å². The molecule has 1 N–H and O–H groups in total. The minimum atomic E-state index is -0.421. The van der Waals surface area contributed by atoms with E-state index in [-0.39, 0.29) is 12.1 Å². The van der Waals surface area contributed by atoms with Gasteiger partial charge in [0, 0.05) is 25.7 Å². The van der Waals surface area contributed by atoms with Crippen molar-refractivity contribution in [2.24, 2.45) is 5.92 Å². The Morgan fingerprint density at radius 3 is 2.65 bits per heavy atom. The van der Waals surface area contributed by atoms with Gasteiger partial charge in [0.15, 0.2) is 0 Å². The zero-order valence-electron chi connectivity index (χ0n) is 13.0. The van der Waals surface area contributed by atoms with Crippen LogP contribution in [-0.4, -0.2) is 55.5 Å². The first kappa shape index (κ1) is 15.6. The molecular weight excluding hydrogens is 256 g/mol. The van der Waals surface area contributed by atoms with Gasteiger partial charge in [0.2, 0.25) is 0 Å². The van der Waals surface area contributed by atoms with Gasteiger partial charge in [-0.05, 0) is 46.0 Å². The third-order valence-electron chi connectivity index (χ3n) is 3.88. The highest BCUT2D eigenvalue weighted by Gasteiger charge is 2.29. The molecule has 0 radical (unpaired) electrons. The molecule has 1 aliphatic carbocycles. The van der Waals surface area contributed by atoms with Crippen molar-refractivity contribution in [1.29, 1.82) is 0 Å². The molecule has 116 valence electrons. The van der Waals surface area contributed by atoms with E-state index < -0.39 is 5.60 Å². The smallest absolute Gasteiger partial charge is 0.407 e. The molecule has 1 aliphatic heterocycles. The summed E-state index contributed by atoms with van der Waals surface area (Å²) in [6, 6.07) is 0.274. The molecule has 1 heterocycles. The van der Waals surface area contributed by atoms with Crippen LogP contribution < -0.4 is 5.32 Å². The minimum absolute atomic E-state index is 0.274. The summed E-state index contributed by atoms with van der Waals surface area (Å²) < 4.78 is 10.7. The summed E-state index contributed by atoms with van der Waals surface area (Å²) in [5.41, 5.74) is -0.421. The Hall–Kier alpha value is -0.810. The normalized spacial score (nSPS) is 28.4. The van der Waals surface area contributed by atoms with Gasteiger partial charge in [0.05, 0.1) is 13.2 Å². The highest BCUT2D eigenvalue weighted by Crippen LogP contribution is 2.27. The van der Waals surface area contributed by atoms with Crippen LogP contribution in [0.2, 0.25) is 0 Å². The van der Waals surface area contributed by atoms with Crippen molar-refractivity contribution in [2.75, 3.05) is 32.8 Å². The largest absolute Gasteiger partial charge is 0.444 e. The third kappa shape index (κ3) is 5.29. The maximum atomic E-state index is 11.8. The Bertz CT molecular complexity index is 322. The molecule has 1 saturated heterocycles. The van der Waals surface area contributed by atoms with E-state index >= 15 is 0 Å². The van der Waals surface area contributed by atoms with E-state index in [1.807, 2.05) is 20.8 Å². The Balaban J connectivity index is 1.68. The molecule has 0 aromatic carbocycles. The SMILES string of the molecule is CC(C)(C)OC(=O)N[C@@H]1CC[C@H](CN2CCOCC2)C1. The van der Waals surface area contributed by atoms with Crippen LogP contribution in [0.15, 0.2) is 0 Å².